The SMILES string of the molecule is CC(CNC(=O)CNCC1CC1)Oc1ccc(F)cc1. The first-order chi connectivity index (χ1) is 9.63. The van der Waals surface area contributed by atoms with E-state index in [0.717, 1.165) is 12.5 Å². The first kappa shape index (κ1) is 14.8. The average Bonchev–Trinajstić information content (AvgIpc) is 3.23. The summed E-state index contributed by atoms with van der Waals surface area (Å²) in [5.74, 6) is 1.05. The van der Waals surface area contributed by atoms with Crippen molar-refractivity contribution in [2.75, 3.05) is 19.6 Å². The molecule has 0 aromatic heterocycles. The fraction of sp³-hybridized carbons (Fsp3) is 0.533. The molecule has 1 aromatic carbocycles. The third-order valence-electron chi connectivity index (χ3n) is 3.15. The van der Waals surface area contributed by atoms with E-state index in [2.05, 4.69) is 10.6 Å². The summed E-state index contributed by atoms with van der Waals surface area (Å²) >= 11 is 0. The molecule has 5 heteroatoms. The topological polar surface area (TPSA) is 50.4 Å². The predicted molar refractivity (Wildman–Crippen MR) is 75.1 cm³/mol. The van der Waals surface area contributed by atoms with Crippen molar-refractivity contribution in [3.05, 3.63) is 30.1 Å². The Kier molecular flexibility index (Phi) is 5.35. The van der Waals surface area contributed by atoms with Gasteiger partial charge in [0.05, 0.1) is 13.1 Å². The summed E-state index contributed by atoms with van der Waals surface area (Å²) in [6.45, 7) is 3.57. The molecule has 0 radical (unpaired) electrons. The molecule has 1 unspecified atom stereocenters. The van der Waals surface area contributed by atoms with Crippen molar-refractivity contribution in [2.24, 2.45) is 5.92 Å². The number of rotatable bonds is 8. The standard InChI is InChI=1S/C15H21FN2O2/c1-11(20-14-6-4-13(16)5-7-14)8-18-15(19)10-17-9-12-2-3-12/h4-7,11-12,17H,2-3,8-10H2,1H3,(H,18,19). The lowest BCUT2D eigenvalue weighted by Gasteiger charge is -2.15. The minimum Gasteiger partial charge on any atom is -0.489 e. The number of carbonyl (C=O) groups is 1. The quantitative estimate of drug-likeness (QED) is 0.762. The number of halogens is 1. The molecule has 0 saturated heterocycles. The molecule has 0 heterocycles. The summed E-state index contributed by atoms with van der Waals surface area (Å²) in [7, 11) is 0. The molecule has 1 saturated carbocycles. The van der Waals surface area contributed by atoms with E-state index in [9.17, 15) is 9.18 Å². The lowest BCUT2D eigenvalue weighted by Crippen LogP contribution is -2.39. The smallest absolute Gasteiger partial charge is 0.234 e. The summed E-state index contributed by atoms with van der Waals surface area (Å²) in [4.78, 5) is 11.6. The molecule has 110 valence electrons. The Bertz CT molecular complexity index is 432. The molecule has 0 aliphatic heterocycles. The van der Waals surface area contributed by atoms with Gasteiger partial charge in [0.15, 0.2) is 0 Å². The van der Waals surface area contributed by atoms with E-state index in [1.165, 1.54) is 25.0 Å². The third-order valence-corrected chi connectivity index (χ3v) is 3.15. The van der Waals surface area contributed by atoms with E-state index < -0.39 is 0 Å². The Hall–Kier alpha value is -1.62. The second-order valence-electron chi connectivity index (χ2n) is 5.26. The van der Waals surface area contributed by atoms with Crippen LogP contribution in [0.3, 0.4) is 0 Å². The summed E-state index contributed by atoms with van der Waals surface area (Å²) in [6.07, 6.45) is 2.39. The maximum absolute atomic E-state index is 12.7. The van der Waals surface area contributed by atoms with Crippen molar-refractivity contribution in [3.63, 3.8) is 0 Å². The molecule has 1 aliphatic carbocycles. The number of nitrogens with one attached hydrogen (secondary N) is 2. The van der Waals surface area contributed by atoms with Gasteiger partial charge in [-0.05, 0) is 56.5 Å². The van der Waals surface area contributed by atoms with Gasteiger partial charge in [0, 0.05) is 0 Å². The van der Waals surface area contributed by atoms with Crippen LogP contribution in [0.1, 0.15) is 19.8 Å². The highest BCUT2D eigenvalue weighted by molar-refractivity contribution is 5.77. The van der Waals surface area contributed by atoms with Gasteiger partial charge in [0.25, 0.3) is 0 Å². The molecule has 4 nitrogen and oxygen atoms in total. The van der Waals surface area contributed by atoms with Crippen LogP contribution >= 0.6 is 0 Å². The van der Waals surface area contributed by atoms with Crippen LogP contribution in [0.4, 0.5) is 4.39 Å². The van der Waals surface area contributed by atoms with Crippen LogP contribution in [0, 0.1) is 11.7 Å². The summed E-state index contributed by atoms with van der Waals surface area (Å²) < 4.78 is 18.3. The highest BCUT2D eigenvalue weighted by Gasteiger charge is 2.20. The van der Waals surface area contributed by atoms with Crippen LogP contribution in [0.2, 0.25) is 0 Å². The van der Waals surface area contributed by atoms with E-state index in [4.69, 9.17) is 4.74 Å². The van der Waals surface area contributed by atoms with E-state index >= 15 is 0 Å². The van der Waals surface area contributed by atoms with Crippen LogP contribution in [0.5, 0.6) is 5.75 Å². The maximum atomic E-state index is 12.7. The van der Waals surface area contributed by atoms with Crippen molar-refractivity contribution in [1.82, 2.24) is 10.6 Å². The van der Waals surface area contributed by atoms with Gasteiger partial charge < -0.3 is 15.4 Å². The van der Waals surface area contributed by atoms with Gasteiger partial charge in [0.1, 0.15) is 17.7 Å². The molecule has 2 N–H and O–H groups in total. The van der Waals surface area contributed by atoms with Crippen LogP contribution in [0.15, 0.2) is 24.3 Å². The van der Waals surface area contributed by atoms with Crippen LogP contribution in [-0.2, 0) is 4.79 Å². The number of hydrogen-bond acceptors (Lipinski definition) is 3. The Morgan fingerprint density at radius 3 is 2.75 bits per heavy atom. The molecular formula is C15H21FN2O2. The molecule has 1 amide bonds. The lowest BCUT2D eigenvalue weighted by atomic mass is 10.3. The van der Waals surface area contributed by atoms with Gasteiger partial charge in [-0.15, -0.1) is 0 Å². The van der Waals surface area contributed by atoms with Crippen molar-refractivity contribution < 1.29 is 13.9 Å². The molecule has 0 spiro atoms. The van der Waals surface area contributed by atoms with Crippen LogP contribution < -0.4 is 15.4 Å². The monoisotopic (exact) mass is 280 g/mol. The van der Waals surface area contributed by atoms with E-state index in [1.54, 1.807) is 12.1 Å². The van der Waals surface area contributed by atoms with Crippen LogP contribution in [-0.4, -0.2) is 31.6 Å². The van der Waals surface area contributed by atoms with Crippen molar-refractivity contribution >= 4 is 5.91 Å². The van der Waals surface area contributed by atoms with Crippen molar-refractivity contribution in [1.29, 1.82) is 0 Å². The number of ether oxygens (including phenoxy) is 1. The highest BCUT2D eigenvalue weighted by atomic mass is 19.1. The predicted octanol–water partition coefficient (Wildman–Crippen LogP) is 1.71. The first-order valence-electron chi connectivity index (χ1n) is 7.03. The molecule has 0 bridgehead atoms. The highest BCUT2D eigenvalue weighted by Crippen LogP contribution is 2.27. The number of hydrogen-bond donors (Lipinski definition) is 2. The summed E-state index contributed by atoms with van der Waals surface area (Å²) in [5.41, 5.74) is 0. The zero-order valence-corrected chi connectivity index (χ0v) is 11.7. The molecule has 1 aliphatic rings. The van der Waals surface area contributed by atoms with Gasteiger partial charge in [-0.1, -0.05) is 0 Å². The molecule has 1 atom stereocenters. The second kappa shape index (κ2) is 7.24. The first-order valence-corrected chi connectivity index (χ1v) is 7.03. The molecule has 1 fully saturated rings. The fourth-order valence-corrected chi connectivity index (χ4v) is 1.82. The van der Waals surface area contributed by atoms with Crippen molar-refractivity contribution in [2.45, 2.75) is 25.9 Å². The van der Waals surface area contributed by atoms with Crippen LogP contribution in [0.25, 0.3) is 0 Å². The zero-order valence-electron chi connectivity index (χ0n) is 11.7. The van der Waals surface area contributed by atoms with Gasteiger partial charge >= 0.3 is 0 Å². The van der Waals surface area contributed by atoms with E-state index in [-0.39, 0.29) is 17.8 Å². The Balaban J connectivity index is 1.59. The van der Waals surface area contributed by atoms with Crippen molar-refractivity contribution in [3.8, 4) is 5.75 Å². The minimum atomic E-state index is -0.292. The molecule has 1 aromatic rings. The van der Waals surface area contributed by atoms with E-state index in [1.807, 2.05) is 6.92 Å². The third kappa shape index (κ3) is 5.57. The number of benzene rings is 1. The Morgan fingerprint density at radius 1 is 1.40 bits per heavy atom. The van der Waals surface area contributed by atoms with E-state index in [0.29, 0.717) is 18.8 Å². The lowest BCUT2D eigenvalue weighted by molar-refractivity contribution is -0.120. The number of amides is 1. The van der Waals surface area contributed by atoms with Gasteiger partial charge in [0.2, 0.25) is 5.91 Å². The minimum absolute atomic E-state index is 0.0276. The largest absolute Gasteiger partial charge is 0.489 e. The number of carbonyl (C=O) groups excluding carboxylic acids is 1. The van der Waals surface area contributed by atoms with Gasteiger partial charge in [-0.25, -0.2) is 4.39 Å². The summed E-state index contributed by atoms with van der Waals surface area (Å²) in [5, 5.41) is 5.94. The summed E-state index contributed by atoms with van der Waals surface area (Å²) in [6, 6.07) is 5.85. The molecule has 20 heavy (non-hydrogen) atoms. The average molecular weight is 280 g/mol. The van der Waals surface area contributed by atoms with Gasteiger partial charge in [-0.3, -0.25) is 4.79 Å². The Labute approximate surface area is 118 Å². The molecule has 2 rings (SSSR count). The Morgan fingerprint density at radius 2 is 2.10 bits per heavy atom. The molecular weight excluding hydrogens is 259 g/mol. The normalized spacial score (nSPS) is 15.7. The van der Waals surface area contributed by atoms with Gasteiger partial charge in [-0.2, -0.15) is 0 Å². The fourth-order valence-electron chi connectivity index (χ4n) is 1.82. The maximum Gasteiger partial charge on any atom is 0.234 e. The zero-order chi connectivity index (χ0) is 14.4. The second-order valence-corrected chi connectivity index (χ2v) is 5.26.